The molecule has 4 aromatic rings. The molecule has 0 unspecified atom stereocenters. The first-order valence-corrected chi connectivity index (χ1v) is 9.74. The molecule has 1 N–H and O–H groups in total. The summed E-state index contributed by atoms with van der Waals surface area (Å²) in [7, 11) is 1.79. The van der Waals surface area contributed by atoms with Gasteiger partial charge >= 0.3 is 0 Å². The molecular weight excluding hydrogens is 393 g/mol. The number of aryl methyl sites for hydroxylation is 3. The van der Waals surface area contributed by atoms with E-state index in [1.807, 2.05) is 19.9 Å². The molecule has 7 nitrogen and oxygen atoms in total. The first-order valence-electron chi connectivity index (χ1n) is 8.86. The summed E-state index contributed by atoms with van der Waals surface area (Å²) in [5, 5.41) is 10.1. The molecule has 1 amide bonds. The van der Waals surface area contributed by atoms with E-state index in [9.17, 15) is 9.18 Å². The number of benzene rings is 1. The number of carbonyl (C=O) groups is 1. The van der Waals surface area contributed by atoms with Crippen LogP contribution in [0.25, 0.3) is 22.3 Å². The lowest BCUT2D eigenvalue weighted by molar-refractivity contribution is -0.118. The molecule has 0 saturated carbocycles. The van der Waals surface area contributed by atoms with Crippen molar-refractivity contribution in [3.8, 4) is 17.1 Å². The van der Waals surface area contributed by atoms with Gasteiger partial charge in [-0.15, -0.1) is 16.4 Å². The SMILES string of the molecule is Cc1cc(C)c2c(OCC(=O)Nc3nc(-c4ccc(F)cc4)cs3)nn(C)c2n1. The van der Waals surface area contributed by atoms with Gasteiger partial charge in [0.2, 0.25) is 5.88 Å². The van der Waals surface area contributed by atoms with Gasteiger partial charge in [0, 0.05) is 23.7 Å². The quantitative estimate of drug-likeness (QED) is 0.539. The number of anilines is 1. The van der Waals surface area contributed by atoms with Gasteiger partial charge in [-0.1, -0.05) is 0 Å². The van der Waals surface area contributed by atoms with Crippen molar-refractivity contribution in [1.82, 2.24) is 19.7 Å². The van der Waals surface area contributed by atoms with Crippen LogP contribution in [0, 0.1) is 19.7 Å². The van der Waals surface area contributed by atoms with Gasteiger partial charge in [-0.3, -0.25) is 10.1 Å². The largest absolute Gasteiger partial charge is 0.466 e. The molecule has 9 heteroatoms. The Hall–Kier alpha value is -3.33. The fourth-order valence-corrected chi connectivity index (χ4v) is 3.76. The molecule has 0 fully saturated rings. The minimum Gasteiger partial charge on any atom is -0.466 e. The van der Waals surface area contributed by atoms with Crippen LogP contribution < -0.4 is 10.1 Å². The summed E-state index contributed by atoms with van der Waals surface area (Å²) in [6, 6.07) is 7.98. The minimum atomic E-state index is -0.346. The highest BCUT2D eigenvalue weighted by atomic mass is 32.1. The number of nitrogens with one attached hydrogen (secondary N) is 1. The molecule has 0 atom stereocenters. The molecule has 148 valence electrons. The first kappa shape index (κ1) is 19.0. The van der Waals surface area contributed by atoms with Crippen LogP contribution in [-0.4, -0.2) is 32.3 Å². The Balaban J connectivity index is 1.44. The first-order chi connectivity index (χ1) is 13.9. The van der Waals surface area contributed by atoms with Gasteiger partial charge < -0.3 is 4.74 Å². The van der Waals surface area contributed by atoms with Crippen molar-refractivity contribution < 1.29 is 13.9 Å². The minimum absolute atomic E-state index is 0.203. The standard InChI is InChI=1S/C20H18FN5O2S/c1-11-8-12(2)22-18-17(11)19(25-26(18)3)28-9-16(27)24-20-23-15(10-29-20)13-4-6-14(21)7-5-13/h4-8,10H,9H2,1-3H3,(H,23,24,27). The predicted octanol–water partition coefficient (Wildman–Crippen LogP) is 3.87. The number of carbonyl (C=O) groups excluding carboxylic acids is 1. The van der Waals surface area contributed by atoms with Crippen LogP contribution in [0.4, 0.5) is 9.52 Å². The van der Waals surface area contributed by atoms with E-state index in [1.165, 1.54) is 23.5 Å². The van der Waals surface area contributed by atoms with Crippen molar-refractivity contribution >= 4 is 33.4 Å². The second-order valence-corrected chi connectivity index (χ2v) is 7.45. The zero-order valence-electron chi connectivity index (χ0n) is 16.1. The van der Waals surface area contributed by atoms with Gasteiger partial charge in [-0.05, 0) is 49.7 Å². The lowest BCUT2D eigenvalue weighted by atomic mass is 10.2. The molecule has 0 saturated heterocycles. The van der Waals surface area contributed by atoms with Crippen LogP contribution in [0.1, 0.15) is 11.3 Å². The highest BCUT2D eigenvalue weighted by Crippen LogP contribution is 2.27. The maximum atomic E-state index is 13.0. The van der Waals surface area contributed by atoms with E-state index in [2.05, 4.69) is 20.4 Å². The number of halogens is 1. The van der Waals surface area contributed by atoms with Crippen LogP contribution in [0.2, 0.25) is 0 Å². The van der Waals surface area contributed by atoms with Crippen LogP contribution in [0.5, 0.6) is 5.88 Å². The number of pyridine rings is 1. The van der Waals surface area contributed by atoms with E-state index < -0.39 is 0 Å². The number of rotatable bonds is 5. The lowest BCUT2D eigenvalue weighted by Crippen LogP contribution is -2.20. The fraction of sp³-hybridized carbons (Fsp3) is 0.200. The van der Waals surface area contributed by atoms with Gasteiger partial charge in [-0.2, -0.15) is 0 Å². The monoisotopic (exact) mass is 411 g/mol. The van der Waals surface area contributed by atoms with Gasteiger partial charge in [0.25, 0.3) is 5.91 Å². The van der Waals surface area contributed by atoms with Gasteiger partial charge in [0.1, 0.15) is 5.82 Å². The van der Waals surface area contributed by atoms with Crippen LogP contribution >= 0.6 is 11.3 Å². The summed E-state index contributed by atoms with van der Waals surface area (Å²) in [5.74, 6) is -0.285. The summed E-state index contributed by atoms with van der Waals surface area (Å²) in [4.78, 5) is 21.1. The fourth-order valence-electron chi connectivity index (χ4n) is 3.02. The summed E-state index contributed by atoms with van der Waals surface area (Å²) >= 11 is 1.29. The molecule has 0 aliphatic rings. The van der Waals surface area contributed by atoms with Crippen molar-refractivity contribution in [3.05, 3.63) is 52.8 Å². The Morgan fingerprint density at radius 3 is 2.76 bits per heavy atom. The Morgan fingerprint density at radius 2 is 2.00 bits per heavy atom. The summed E-state index contributed by atoms with van der Waals surface area (Å²) in [6.07, 6.45) is 0. The summed E-state index contributed by atoms with van der Waals surface area (Å²) in [6.45, 7) is 3.67. The van der Waals surface area contributed by atoms with Crippen LogP contribution in [-0.2, 0) is 11.8 Å². The topological polar surface area (TPSA) is 81.9 Å². The van der Waals surface area contributed by atoms with Gasteiger partial charge in [0.15, 0.2) is 17.4 Å². The van der Waals surface area contributed by atoms with Crippen molar-refractivity contribution in [2.45, 2.75) is 13.8 Å². The number of aromatic nitrogens is 4. The van der Waals surface area contributed by atoms with Crippen molar-refractivity contribution in [2.24, 2.45) is 7.05 Å². The van der Waals surface area contributed by atoms with E-state index in [4.69, 9.17) is 4.74 Å². The molecule has 0 aliphatic carbocycles. The molecular formula is C20H18FN5O2S. The third-order valence-electron chi connectivity index (χ3n) is 4.32. The molecule has 0 radical (unpaired) electrons. The maximum absolute atomic E-state index is 13.0. The number of hydrogen-bond acceptors (Lipinski definition) is 6. The second-order valence-electron chi connectivity index (χ2n) is 6.59. The molecule has 4 rings (SSSR count). The van der Waals surface area contributed by atoms with E-state index in [1.54, 1.807) is 29.2 Å². The lowest BCUT2D eigenvalue weighted by Gasteiger charge is -2.05. The van der Waals surface area contributed by atoms with Crippen LogP contribution in [0.3, 0.4) is 0 Å². The molecule has 3 heterocycles. The molecule has 1 aromatic carbocycles. The zero-order valence-corrected chi connectivity index (χ0v) is 16.9. The molecule has 0 spiro atoms. The number of nitrogens with zero attached hydrogens (tertiary/aromatic N) is 4. The van der Waals surface area contributed by atoms with Gasteiger partial charge in [0.05, 0.1) is 11.1 Å². The summed E-state index contributed by atoms with van der Waals surface area (Å²) in [5.41, 5.74) is 4.03. The van der Waals surface area contributed by atoms with Crippen molar-refractivity contribution in [2.75, 3.05) is 11.9 Å². The third-order valence-corrected chi connectivity index (χ3v) is 5.08. The van der Waals surface area contributed by atoms with Gasteiger partial charge in [-0.25, -0.2) is 19.0 Å². The predicted molar refractivity (Wildman–Crippen MR) is 110 cm³/mol. The molecule has 29 heavy (non-hydrogen) atoms. The van der Waals surface area contributed by atoms with E-state index in [0.717, 1.165) is 22.2 Å². The van der Waals surface area contributed by atoms with Crippen molar-refractivity contribution in [3.63, 3.8) is 0 Å². The highest BCUT2D eigenvalue weighted by molar-refractivity contribution is 7.14. The molecule has 0 aliphatic heterocycles. The average Bonchev–Trinajstić information content (AvgIpc) is 3.25. The van der Waals surface area contributed by atoms with E-state index in [-0.39, 0.29) is 18.3 Å². The third kappa shape index (κ3) is 3.95. The van der Waals surface area contributed by atoms with E-state index >= 15 is 0 Å². The van der Waals surface area contributed by atoms with Crippen LogP contribution in [0.15, 0.2) is 35.7 Å². The Morgan fingerprint density at radius 1 is 1.24 bits per heavy atom. The number of fused-ring (bicyclic) bond motifs is 1. The maximum Gasteiger partial charge on any atom is 0.264 e. The summed E-state index contributed by atoms with van der Waals surface area (Å²) < 4.78 is 20.3. The molecule has 0 bridgehead atoms. The normalized spacial score (nSPS) is 11.0. The average molecular weight is 411 g/mol. The zero-order chi connectivity index (χ0) is 20.5. The number of ether oxygens (including phenoxy) is 1. The Kier molecular flexibility index (Phi) is 4.98. The highest BCUT2D eigenvalue weighted by Gasteiger charge is 2.16. The number of amides is 1. The number of thiazole rings is 1. The smallest absolute Gasteiger partial charge is 0.264 e. The van der Waals surface area contributed by atoms with E-state index in [0.29, 0.717) is 22.4 Å². The second kappa shape index (κ2) is 7.59. The molecule has 3 aromatic heterocycles. The Bertz CT molecular complexity index is 1200. The van der Waals surface area contributed by atoms with Crippen molar-refractivity contribution in [1.29, 1.82) is 0 Å². The Labute approximate surface area is 170 Å². The number of hydrogen-bond donors (Lipinski definition) is 1.